The summed E-state index contributed by atoms with van der Waals surface area (Å²) in [6.07, 6.45) is 2.41. The summed E-state index contributed by atoms with van der Waals surface area (Å²) in [5.74, 6) is 0.831. The summed E-state index contributed by atoms with van der Waals surface area (Å²) < 4.78 is 6.05. The van der Waals surface area contributed by atoms with Crippen LogP contribution in [0.5, 0.6) is 5.75 Å². The van der Waals surface area contributed by atoms with Crippen molar-refractivity contribution >= 4 is 11.9 Å². The quantitative estimate of drug-likeness (QED) is 0.318. The van der Waals surface area contributed by atoms with E-state index in [9.17, 15) is 9.90 Å². The number of ether oxygens (including phenoxy) is 1. The highest BCUT2D eigenvalue weighted by Crippen LogP contribution is 2.34. The largest absolute Gasteiger partial charge is 0.507 e. The van der Waals surface area contributed by atoms with E-state index in [0.717, 1.165) is 32.0 Å². The van der Waals surface area contributed by atoms with Crippen molar-refractivity contribution in [2.75, 3.05) is 32.8 Å². The van der Waals surface area contributed by atoms with E-state index in [4.69, 9.17) is 9.73 Å². The first-order valence-electron chi connectivity index (χ1n) is 10.5. The van der Waals surface area contributed by atoms with Crippen molar-refractivity contribution < 1.29 is 14.6 Å². The molecule has 0 aliphatic carbocycles. The van der Waals surface area contributed by atoms with Crippen LogP contribution in [0, 0.1) is 11.3 Å². The van der Waals surface area contributed by atoms with E-state index in [2.05, 4.69) is 36.7 Å². The lowest BCUT2D eigenvalue weighted by molar-refractivity contribution is -0.0823. The lowest BCUT2D eigenvalue weighted by Crippen LogP contribution is -2.44. The van der Waals surface area contributed by atoms with Gasteiger partial charge in [-0.1, -0.05) is 32.9 Å². The van der Waals surface area contributed by atoms with Gasteiger partial charge in [0, 0.05) is 38.7 Å². The molecule has 0 saturated carbocycles. The van der Waals surface area contributed by atoms with Gasteiger partial charge in [-0.05, 0) is 37.3 Å². The van der Waals surface area contributed by atoms with E-state index in [1.165, 1.54) is 6.07 Å². The Balaban J connectivity index is 1.84. The van der Waals surface area contributed by atoms with Gasteiger partial charge < -0.3 is 25.8 Å². The molecule has 7 heteroatoms. The Labute approximate surface area is 174 Å². The molecule has 4 N–H and O–H groups in total. The summed E-state index contributed by atoms with van der Waals surface area (Å²) in [5.41, 5.74) is 0.373. The smallest absolute Gasteiger partial charge is 0.255 e. The standard InChI is InChI=1S/C22H36N4O3/c1-5-23-21(26-15-16-9-8-14-29-19(16)22(2,3)4)25-13-12-24-20(28)17-10-6-7-11-18(17)27/h6-7,10-11,16,19,27H,5,8-9,12-15H2,1-4H3,(H,24,28)(H2,23,25,26). The van der Waals surface area contributed by atoms with Crippen molar-refractivity contribution in [1.82, 2.24) is 16.0 Å². The summed E-state index contributed by atoms with van der Waals surface area (Å²) in [7, 11) is 0. The van der Waals surface area contributed by atoms with Crippen LogP contribution < -0.4 is 16.0 Å². The van der Waals surface area contributed by atoms with Crippen LogP contribution in [0.15, 0.2) is 29.3 Å². The molecule has 1 aromatic carbocycles. The van der Waals surface area contributed by atoms with Gasteiger partial charge in [-0.3, -0.25) is 9.79 Å². The number of para-hydroxylation sites is 1. The maximum atomic E-state index is 12.1. The molecule has 1 amide bonds. The summed E-state index contributed by atoms with van der Waals surface area (Å²) >= 11 is 0. The van der Waals surface area contributed by atoms with Crippen molar-refractivity contribution in [3.05, 3.63) is 29.8 Å². The Morgan fingerprint density at radius 3 is 2.62 bits per heavy atom. The lowest BCUT2D eigenvalue weighted by atomic mass is 9.78. The molecule has 1 heterocycles. The summed E-state index contributed by atoms with van der Waals surface area (Å²) in [6, 6.07) is 6.52. The first-order valence-corrected chi connectivity index (χ1v) is 10.5. The third-order valence-corrected chi connectivity index (χ3v) is 4.98. The number of aromatic hydroxyl groups is 1. The van der Waals surface area contributed by atoms with Gasteiger partial charge in [0.15, 0.2) is 5.96 Å². The fourth-order valence-electron chi connectivity index (χ4n) is 3.66. The van der Waals surface area contributed by atoms with Crippen molar-refractivity contribution in [2.45, 2.75) is 46.6 Å². The Bertz CT molecular complexity index is 685. The number of nitrogens with one attached hydrogen (secondary N) is 3. The zero-order chi connectivity index (χ0) is 21.3. The highest BCUT2D eigenvalue weighted by molar-refractivity contribution is 5.96. The molecular formula is C22H36N4O3. The van der Waals surface area contributed by atoms with Crippen LogP contribution in [0.3, 0.4) is 0 Å². The van der Waals surface area contributed by atoms with Crippen molar-refractivity contribution in [1.29, 1.82) is 0 Å². The SMILES string of the molecule is CCNC(=NCC1CCCOC1C(C)(C)C)NCCNC(=O)c1ccccc1O. The minimum Gasteiger partial charge on any atom is -0.507 e. The average Bonchev–Trinajstić information content (AvgIpc) is 2.69. The number of hydrogen-bond donors (Lipinski definition) is 4. The van der Waals surface area contributed by atoms with Gasteiger partial charge in [0.1, 0.15) is 5.75 Å². The molecule has 1 aromatic rings. The summed E-state index contributed by atoms with van der Waals surface area (Å²) in [6.45, 7) is 11.9. The first-order chi connectivity index (χ1) is 13.8. The van der Waals surface area contributed by atoms with E-state index >= 15 is 0 Å². The van der Waals surface area contributed by atoms with Gasteiger partial charge in [-0.25, -0.2) is 0 Å². The molecule has 2 atom stereocenters. The number of rotatable bonds is 7. The van der Waals surface area contributed by atoms with Gasteiger partial charge in [0.25, 0.3) is 5.91 Å². The maximum Gasteiger partial charge on any atom is 0.255 e. The first kappa shape index (κ1) is 23.0. The number of hydrogen-bond acceptors (Lipinski definition) is 4. The van der Waals surface area contributed by atoms with Crippen LogP contribution in [-0.4, -0.2) is 55.9 Å². The van der Waals surface area contributed by atoms with Gasteiger partial charge in [0.05, 0.1) is 11.7 Å². The van der Waals surface area contributed by atoms with E-state index in [1.807, 2.05) is 6.92 Å². The van der Waals surface area contributed by atoms with Gasteiger partial charge in [0.2, 0.25) is 0 Å². The second kappa shape index (κ2) is 11.0. The van der Waals surface area contributed by atoms with Gasteiger partial charge in [-0.2, -0.15) is 0 Å². The maximum absolute atomic E-state index is 12.1. The van der Waals surface area contributed by atoms with Gasteiger partial charge in [-0.15, -0.1) is 0 Å². The van der Waals surface area contributed by atoms with E-state index < -0.39 is 0 Å². The highest BCUT2D eigenvalue weighted by Gasteiger charge is 2.35. The van der Waals surface area contributed by atoms with Crippen LogP contribution in [0.4, 0.5) is 0 Å². The molecule has 1 saturated heterocycles. The minimum atomic E-state index is -0.292. The average molecular weight is 405 g/mol. The number of guanidine groups is 1. The number of carbonyl (C=O) groups is 1. The zero-order valence-corrected chi connectivity index (χ0v) is 18.1. The molecule has 2 unspecified atom stereocenters. The zero-order valence-electron chi connectivity index (χ0n) is 18.1. The molecule has 0 bridgehead atoms. The number of nitrogens with zero attached hydrogens (tertiary/aromatic N) is 1. The Morgan fingerprint density at radius 1 is 1.21 bits per heavy atom. The Kier molecular flexibility index (Phi) is 8.76. The molecule has 1 fully saturated rings. The van der Waals surface area contributed by atoms with Crippen LogP contribution in [0.1, 0.15) is 50.9 Å². The number of aliphatic imine (C=N–C) groups is 1. The highest BCUT2D eigenvalue weighted by atomic mass is 16.5. The minimum absolute atomic E-state index is 0.0176. The third-order valence-electron chi connectivity index (χ3n) is 4.98. The van der Waals surface area contributed by atoms with Crippen LogP contribution in [0.2, 0.25) is 0 Å². The van der Waals surface area contributed by atoms with Gasteiger partial charge >= 0.3 is 0 Å². The lowest BCUT2D eigenvalue weighted by Gasteiger charge is -2.39. The molecule has 2 rings (SSSR count). The second-order valence-corrected chi connectivity index (χ2v) is 8.48. The molecular weight excluding hydrogens is 368 g/mol. The van der Waals surface area contributed by atoms with Crippen LogP contribution >= 0.6 is 0 Å². The molecule has 1 aliphatic rings. The van der Waals surface area contributed by atoms with Crippen molar-refractivity contribution in [3.63, 3.8) is 0 Å². The van der Waals surface area contributed by atoms with Crippen molar-refractivity contribution in [3.8, 4) is 5.75 Å². The predicted molar refractivity (Wildman–Crippen MR) is 116 cm³/mol. The summed E-state index contributed by atoms with van der Waals surface area (Å²) in [5, 5.41) is 19.1. The third kappa shape index (κ3) is 7.24. The van der Waals surface area contributed by atoms with E-state index in [-0.39, 0.29) is 28.7 Å². The van der Waals surface area contributed by atoms with E-state index in [0.29, 0.717) is 25.6 Å². The van der Waals surface area contributed by atoms with Crippen molar-refractivity contribution in [2.24, 2.45) is 16.3 Å². The number of benzene rings is 1. The number of phenols is 1. The molecule has 29 heavy (non-hydrogen) atoms. The number of carbonyl (C=O) groups excluding carboxylic acids is 1. The predicted octanol–water partition coefficient (Wildman–Crippen LogP) is 2.52. The Morgan fingerprint density at radius 2 is 1.93 bits per heavy atom. The topological polar surface area (TPSA) is 95.0 Å². The molecule has 1 aliphatic heterocycles. The normalized spacial score (nSPS) is 20.2. The molecule has 0 spiro atoms. The fraction of sp³-hybridized carbons (Fsp3) is 0.636. The molecule has 0 radical (unpaired) electrons. The molecule has 7 nitrogen and oxygen atoms in total. The fourth-order valence-corrected chi connectivity index (χ4v) is 3.66. The molecule has 0 aromatic heterocycles. The number of amides is 1. The van der Waals surface area contributed by atoms with Crippen LogP contribution in [-0.2, 0) is 4.74 Å². The second-order valence-electron chi connectivity index (χ2n) is 8.48. The molecule has 162 valence electrons. The summed E-state index contributed by atoms with van der Waals surface area (Å²) in [4.78, 5) is 16.9. The van der Waals surface area contributed by atoms with E-state index in [1.54, 1.807) is 18.2 Å². The van der Waals surface area contributed by atoms with Crippen LogP contribution in [0.25, 0.3) is 0 Å². The number of phenolic OH excluding ortho intramolecular Hbond substituents is 1. The Hall–Kier alpha value is -2.28. The monoisotopic (exact) mass is 404 g/mol.